The van der Waals surface area contributed by atoms with Gasteiger partial charge in [0.15, 0.2) is 23.7 Å². The summed E-state index contributed by atoms with van der Waals surface area (Å²) < 4.78 is 32.3. The summed E-state index contributed by atoms with van der Waals surface area (Å²) in [5, 5.41) is 40.0. The molecule has 1 saturated heterocycles. The van der Waals surface area contributed by atoms with Crippen molar-refractivity contribution in [1.29, 1.82) is 0 Å². The fraction of sp³-hybridized carbons (Fsp3) is 0.562. The average Bonchev–Trinajstić information content (AvgIpc) is 3.39. The first-order valence-corrected chi connectivity index (χ1v) is 15.5. The van der Waals surface area contributed by atoms with Gasteiger partial charge in [-0.1, -0.05) is 6.07 Å². The van der Waals surface area contributed by atoms with Crippen molar-refractivity contribution in [3.8, 4) is 11.5 Å². The molecule has 0 unspecified atom stereocenters. The Labute approximate surface area is 279 Å². The number of carbonyl (C=O) groups is 6. The molecule has 1 spiro atoms. The molecule has 0 saturated carbocycles. The smallest absolute Gasteiger partial charge is 0.348 e. The molecule has 17 heteroatoms. The second-order valence-electron chi connectivity index (χ2n) is 12.5. The van der Waals surface area contributed by atoms with E-state index in [1.165, 1.54) is 7.11 Å². The maximum absolute atomic E-state index is 13.4. The van der Waals surface area contributed by atoms with Crippen molar-refractivity contribution in [2.45, 2.75) is 93.5 Å². The van der Waals surface area contributed by atoms with Crippen LogP contribution in [0.4, 0.5) is 0 Å². The molecule has 4 aliphatic rings. The van der Waals surface area contributed by atoms with E-state index in [0.717, 1.165) is 25.0 Å². The monoisotopic (exact) mass is 691 g/mol. The predicted octanol–water partition coefficient (Wildman–Crippen LogP) is -0.398. The van der Waals surface area contributed by atoms with E-state index in [4.69, 9.17) is 33.9 Å². The predicted molar refractivity (Wildman–Crippen MR) is 159 cm³/mol. The summed E-state index contributed by atoms with van der Waals surface area (Å²) in [6.07, 6.45) is -8.04. The van der Waals surface area contributed by atoms with Crippen LogP contribution < -0.4 is 9.47 Å². The van der Waals surface area contributed by atoms with Gasteiger partial charge in [0.25, 0.3) is 0 Å². The van der Waals surface area contributed by atoms with E-state index in [0.29, 0.717) is 30.9 Å². The normalized spacial score (nSPS) is 27.1. The fourth-order valence-electron chi connectivity index (χ4n) is 7.20. The number of aliphatic carboxylic acids is 2. The maximum Gasteiger partial charge on any atom is 0.348 e. The third kappa shape index (κ3) is 6.17. The highest BCUT2D eigenvalue weighted by molar-refractivity contribution is 5.88. The van der Waals surface area contributed by atoms with Gasteiger partial charge in [-0.15, -0.1) is 0 Å². The van der Waals surface area contributed by atoms with Gasteiger partial charge in [-0.2, -0.15) is 0 Å². The van der Waals surface area contributed by atoms with Gasteiger partial charge in [0.05, 0.1) is 31.0 Å². The zero-order chi connectivity index (χ0) is 36.0. The minimum atomic E-state index is -2.09. The Morgan fingerprint density at radius 1 is 1.00 bits per heavy atom. The van der Waals surface area contributed by atoms with Crippen molar-refractivity contribution in [2.24, 2.45) is 0 Å². The lowest BCUT2D eigenvalue weighted by Crippen LogP contribution is -2.74. The van der Waals surface area contributed by atoms with E-state index in [1.54, 1.807) is 12.1 Å². The number of benzene rings is 1. The van der Waals surface area contributed by atoms with Crippen LogP contribution in [0.15, 0.2) is 24.0 Å². The summed E-state index contributed by atoms with van der Waals surface area (Å²) in [7, 11) is 3.42. The van der Waals surface area contributed by atoms with E-state index in [-0.39, 0.29) is 18.2 Å². The minimum Gasteiger partial charge on any atom is -0.493 e. The summed E-state index contributed by atoms with van der Waals surface area (Å²) in [5.41, 5.74) is -0.552. The molecule has 4 N–H and O–H groups in total. The molecule has 2 bridgehead atoms. The van der Waals surface area contributed by atoms with Crippen molar-refractivity contribution < 1.29 is 77.6 Å². The quantitative estimate of drug-likeness (QED) is 0.152. The van der Waals surface area contributed by atoms with Crippen molar-refractivity contribution in [3.05, 3.63) is 35.1 Å². The number of hydrogen-bond donors (Lipinski definition) is 4. The standard InChI is InChI=1S/C32H37NO16/c1-14(34)28(40)48-20(30(42)45-15(2)29(41)47-19(27(38)39)12-22(35)36)13-23(37)46-18-7-8-32(43)21-11-16-5-6-17(44-4)25-24(16)31(32,26(18)49-25)9-10-33(21)3/h5-7,14-15,19-21,26,34,43H,8-13H2,1-4H3,(H,35,36)(H,38,39)/t14-,15-,19+,20-,21-,26-,31-,32+/m0/s1. The highest BCUT2D eigenvalue weighted by Crippen LogP contribution is 2.65. The third-order valence-corrected chi connectivity index (χ3v) is 9.52. The zero-order valence-corrected chi connectivity index (χ0v) is 27.1. The molecular weight excluding hydrogens is 654 g/mol. The number of nitrogens with zero attached hydrogens (tertiary/aromatic N) is 1. The Balaban J connectivity index is 1.35. The lowest BCUT2D eigenvalue weighted by molar-refractivity contribution is -0.186. The molecule has 2 heterocycles. The topological polar surface area (TPSA) is 242 Å². The lowest BCUT2D eigenvalue weighted by Gasteiger charge is -2.61. The summed E-state index contributed by atoms with van der Waals surface area (Å²) in [6.45, 7) is 2.63. The van der Waals surface area contributed by atoms with Crippen molar-refractivity contribution in [3.63, 3.8) is 0 Å². The third-order valence-electron chi connectivity index (χ3n) is 9.52. The largest absolute Gasteiger partial charge is 0.493 e. The van der Waals surface area contributed by atoms with Crippen LogP contribution in [0.5, 0.6) is 11.5 Å². The number of likely N-dealkylation sites (N-methyl/N-ethyl adjacent to an activating group) is 1. The van der Waals surface area contributed by atoms with E-state index in [1.807, 2.05) is 13.1 Å². The number of esters is 4. The molecule has 1 aromatic carbocycles. The van der Waals surface area contributed by atoms with E-state index in [2.05, 4.69) is 9.64 Å². The molecule has 266 valence electrons. The molecule has 8 atom stereocenters. The molecule has 0 aromatic heterocycles. The number of aliphatic hydroxyl groups is 2. The van der Waals surface area contributed by atoms with Gasteiger partial charge < -0.3 is 53.7 Å². The summed E-state index contributed by atoms with van der Waals surface area (Å²) in [6, 6.07) is 3.43. The zero-order valence-electron chi connectivity index (χ0n) is 27.1. The van der Waals surface area contributed by atoms with Gasteiger partial charge in [-0.3, -0.25) is 9.59 Å². The van der Waals surface area contributed by atoms with Crippen LogP contribution in [0.25, 0.3) is 0 Å². The Kier molecular flexibility index (Phi) is 9.64. The van der Waals surface area contributed by atoms with E-state index in [9.17, 15) is 39.0 Å². The lowest BCUT2D eigenvalue weighted by atomic mass is 9.50. The Morgan fingerprint density at radius 2 is 1.69 bits per heavy atom. The van der Waals surface area contributed by atoms with Crippen LogP contribution in [-0.2, 0) is 59.6 Å². The molecular formula is C32H37NO16. The van der Waals surface area contributed by atoms with Gasteiger partial charge >= 0.3 is 35.8 Å². The summed E-state index contributed by atoms with van der Waals surface area (Å²) in [5.74, 6) is -7.71. The highest BCUT2D eigenvalue weighted by Gasteiger charge is 2.72. The van der Waals surface area contributed by atoms with Crippen LogP contribution in [0.3, 0.4) is 0 Å². The number of likely N-dealkylation sites (tertiary alicyclic amines) is 1. The highest BCUT2D eigenvalue weighted by atomic mass is 16.6. The molecule has 5 rings (SSSR count). The Hall–Kier alpha value is -4.74. The molecule has 1 fully saturated rings. The van der Waals surface area contributed by atoms with Gasteiger partial charge in [0.2, 0.25) is 12.2 Å². The number of methoxy groups -OCH3 is 1. The molecule has 49 heavy (non-hydrogen) atoms. The first-order chi connectivity index (χ1) is 23.0. The number of carboxylic acids is 2. The Bertz CT molecular complexity index is 1600. The van der Waals surface area contributed by atoms with E-state index >= 15 is 0 Å². The molecule has 0 amide bonds. The first-order valence-electron chi connectivity index (χ1n) is 15.5. The van der Waals surface area contributed by atoms with Gasteiger partial charge in [0, 0.05) is 18.0 Å². The second kappa shape index (κ2) is 13.3. The van der Waals surface area contributed by atoms with Gasteiger partial charge in [0.1, 0.15) is 11.9 Å². The fourth-order valence-corrected chi connectivity index (χ4v) is 7.20. The van der Waals surface area contributed by atoms with Crippen molar-refractivity contribution in [2.75, 3.05) is 20.7 Å². The second-order valence-corrected chi connectivity index (χ2v) is 12.5. The molecule has 17 nitrogen and oxygen atoms in total. The Morgan fingerprint density at radius 3 is 2.33 bits per heavy atom. The average molecular weight is 692 g/mol. The minimum absolute atomic E-state index is 0.0492. The summed E-state index contributed by atoms with van der Waals surface area (Å²) >= 11 is 0. The number of hydrogen-bond acceptors (Lipinski definition) is 15. The number of piperidine rings is 1. The van der Waals surface area contributed by atoms with E-state index < -0.39 is 90.2 Å². The number of aliphatic hydroxyl groups excluding tert-OH is 1. The first kappa shape index (κ1) is 35.6. The number of carboxylic acid groups (broad SMARTS) is 2. The number of rotatable bonds is 13. The number of carbonyl (C=O) groups excluding carboxylic acids is 4. The number of ether oxygens (including phenoxy) is 6. The van der Waals surface area contributed by atoms with Crippen molar-refractivity contribution >= 4 is 35.8 Å². The van der Waals surface area contributed by atoms with Crippen LogP contribution in [0, 0.1) is 0 Å². The van der Waals surface area contributed by atoms with Crippen molar-refractivity contribution in [1.82, 2.24) is 4.90 Å². The molecule has 1 aromatic rings. The SMILES string of the molecule is COc1ccc2c3c1O[C@H]1C(OC(=O)C[C@H](OC(=O)[C@H](C)O)C(=O)O[C@@H](C)C(=O)O[C@H](CC(=O)O)C(=O)O)=CC[C@@]4(O)[C@H](C2)N(C)CC[C@]314. The van der Waals surface area contributed by atoms with Crippen LogP contribution in [0.2, 0.25) is 0 Å². The maximum atomic E-state index is 13.4. The van der Waals surface area contributed by atoms with Gasteiger partial charge in [-0.05, 0) is 58.0 Å². The van der Waals surface area contributed by atoms with Crippen LogP contribution in [0.1, 0.15) is 50.7 Å². The molecule has 2 aliphatic carbocycles. The molecule has 0 radical (unpaired) electrons. The van der Waals surface area contributed by atoms with Crippen LogP contribution in [-0.4, -0.2) is 124 Å². The van der Waals surface area contributed by atoms with Crippen LogP contribution >= 0.6 is 0 Å². The van der Waals surface area contributed by atoms with Gasteiger partial charge in [-0.25, -0.2) is 19.2 Å². The summed E-state index contributed by atoms with van der Waals surface area (Å²) in [4.78, 5) is 75.3. The molecule has 2 aliphatic heterocycles.